The SMILES string of the molecule is CC.Cc1cc2cc(Cl)ncc2[nH]1. The second-order valence-electron chi connectivity index (χ2n) is 2.55. The normalized spacial score (nSPS) is 9.54. The van der Waals surface area contributed by atoms with Crippen LogP contribution in [0, 0.1) is 6.92 Å². The lowest BCUT2D eigenvalue weighted by Gasteiger charge is -1.87. The summed E-state index contributed by atoms with van der Waals surface area (Å²) in [7, 11) is 0. The predicted molar refractivity (Wildman–Crippen MR) is 57.2 cm³/mol. The number of nitrogens with one attached hydrogen (secondary N) is 1. The molecule has 0 aromatic carbocycles. The van der Waals surface area contributed by atoms with Crippen molar-refractivity contribution in [2.45, 2.75) is 20.8 Å². The van der Waals surface area contributed by atoms with E-state index in [-0.39, 0.29) is 0 Å². The van der Waals surface area contributed by atoms with Crippen molar-refractivity contribution in [1.29, 1.82) is 0 Å². The number of fused-ring (bicyclic) bond motifs is 1. The van der Waals surface area contributed by atoms with Crippen LogP contribution in [0.2, 0.25) is 5.15 Å². The van der Waals surface area contributed by atoms with Gasteiger partial charge in [-0.15, -0.1) is 0 Å². The van der Waals surface area contributed by atoms with Gasteiger partial charge in [-0.3, -0.25) is 0 Å². The van der Waals surface area contributed by atoms with Crippen molar-refractivity contribution in [2.75, 3.05) is 0 Å². The first-order valence-corrected chi connectivity index (χ1v) is 4.74. The molecule has 0 aliphatic heterocycles. The maximum absolute atomic E-state index is 5.70. The molecule has 3 heteroatoms. The van der Waals surface area contributed by atoms with Gasteiger partial charge in [0.05, 0.1) is 11.7 Å². The van der Waals surface area contributed by atoms with E-state index >= 15 is 0 Å². The summed E-state index contributed by atoms with van der Waals surface area (Å²) in [6.45, 7) is 6.01. The van der Waals surface area contributed by atoms with E-state index in [1.165, 1.54) is 0 Å². The van der Waals surface area contributed by atoms with Crippen LogP contribution in [0.4, 0.5) is 0 Å². The Morgan fingerprint density at radius 2 is 2.00 bits per heavy atom. The minimum Gasteiger partial charge on any atom is -0.357 e. The van der Waals surface area contributed by atoms with E-state index in [0.29, 0.717) is 5.15 Å². The first-order chi connectivity index (χ1) is 6.25. The molecule has 2 nitrogen and oxygen atoms in total. The van der Waals surface area contributed by atoms with Crippen molar-refractivity contribution in [3.05, 3.63) is 29.2 Å². The maximum Gasteiger partial charge on any atom is 0.129 e. The van der Waals surface area contributed by atoms with Crippen molar-refractivity contribution < 1.29 is 0 Å². The Morgan fingerprint density at radius 1 is 1.31 bits per heavy atom. The van der Waals surface area contributed by atoms with E-state index in [9.17, 15) is 0 Å². The number of aromatic amines is 1. The van der Waals surface area contributed by atoms with Crippen LogP contribution in [0.5, 0.6) is 0 Å². The number of hydrogen-bond donors (Lipinski definition) is 1. The monoisotopic (exact) mass is 196 g/mol. The molecule has 2 aromatic rings. The lowest BCUT2D eigenvalue weighted by molar-refractivity contribution is 1.28. The molecule has 0 aliphatic rings. The van der Waals surface area contributed by atoms with Gasteiger partial charge < -0.3 is 4.98 Å². The Balaban J connectivity index is 0.000000396. The van der Waals surface area contributed by atoms with E-state index < -0.39 is 0 Å². The van der Waals surface area contributed by atoms with Crippen molar-refractivity contribution in [3.63, 3.8) is 0 Å². The minimum absolute atomic E-state index is 0.538. The molecule has 0 fully saturated rings. The van der Waals surface area contributed by atoms with Crippen LogP contribution in [-0.2, 0) is 0 Å². The largest absolute Gasteiger partial charge is 0.357 e. The van der Waals surface area contributed by atoms with E-state index in [4.69, 9.17) is 11.6 Å². The summed E-state index contributed by atoms with van der Waals surface area (Å²) >= 11 is 5.70. The first-order valence-electron chi connectivity index (χ1n) is 4.36. The third-order valence-electron chi connectivity index (χ3n) is 1.61. The molecule has 2 aromatic heterocycles. The quantitative estimate of drug-likeness (QED) is 0.642. The van der Waals surface area contributed by atoms with Crippen molar-refractivity contribution in [2.24, 2.45) is 0 Å². The number of H-pyrrole nitrogens is 1. The van der Waals surface area contributed by atoms with Gasteiger partial charge in [-0.2, -0.15) is 0 Å². The van der Waals surface area contributed by atoms with Crippen LogP contribution in [0.15, 0.2) is 18.3 Å². The average Bonchev–Trinajstić information content (AvgIpc) is 2.48. The Kier molecular flexibility index (Phi) is 3.32. The number of aryl methyl sites for hydroxylation is 1. The molecule has 0 radical (unpaired) electrons. The van der Waals surface area contributed by atoms with E-state index in [2.05, 4.69) is 9.97 Å². The molecule has 0 bridgehead atoms. The predicted octanol–water partition coefficient (Wildman–Crippen LogP) is 3.55. The summed E-state index contributed by atoms with van der Waals surface area (Å²) in [6.07, 6.45) is 1.74. The van der Waals surface area contributed by atoms with E-state index in [0.717, 1.165) is 16.6 Å². The minimum atomic E-state index is 0.538. The molecule has 0 unspecified atom stereocenters. The smallest absolute Gasteiger partial charge is 0.129 e. The van der Waals surface area contributed by atoms with Crippen molar-refractivity contribution in [1.82, 2.24) is 9.97 Å². The van der Waals surface area contributed by atoms with Crippen LogP contribution >= 0.6 is 11.6 Å². The van der Waals surface area contributed by atoms with Crippen LogP contribution in [0.3, 0.4) is 0 Å². The molecule has 70 valence electrons. The molecule has 0 atom stereocenters. The Morgan fingerprint density at radius 3 is 2.69 bits per heavy atom. The van der Waals surface area contributed by atoms with Crippen LogP contribution in [0.25, 0.3) is 10.9 Å². The lowest BCUT2D eigenvalue weighted by atomic mass is 10.3. The van der Waals surface area contributed by atoms with Crippen LogP contribution in [-0.4, -0.2) is 9.97 Å². The van der Waals surface area contributed by atoms with Gasteiger partial charge in [0.15, 0.2) is 0 Å². The van der Waals surface area contributed by atoms with Gasteiger partial charge in [0.25, 0.3) is 0 Å². The van der Waals surface area contributed by atoms with Gasteiger partial charge in [-0.25, -0.2) is 4.98 Å². The number of pyridine rings is 1. The summed E-state index contributed by atoms with van der Waals surface area (Å²) in [4.78, 5) is 7.12. The molecule has 0 spiro atoms. The fourth-order valence-corrected chi connectivity index (χ4v) is 1.32. The van der Waals surface area contributed by atoms with Crippen molar-refractivity contribution in [3.8, 4) is 0 Å². The van der Waals surface area contributed by atoms with Crippen LogP contribution < -0.4 is 0 Å². The lowest BCUT2D eigenvalue weighted by Crippen LogP contribution is -1.73. The number of halogens is 1. The van der Waals surface area contributed by atoms with Gasteiger partial charge in [-0.1, -0.05) is 25.4 Å². The number of hydrogen-bond acceptors (Lipinski definition) is 1. The zero-order chi connectivity index (χ0) is 9.84. The summed E-state index contributed by atoms with van der Waals surface area (Å²) in [5.41, 5.74) is 2.16. The van der Waals surface area contributed by atoms with Crippen LogP contribution in [0.1, 0.15) is 19.5 Å². The van der Waals surface area contributed by atoms with Gasteiger partial charge in [0.2, 0.25) is 0 Å². The molecule has 0 saturated heterocycles. The second kappa shape index (κ2) is 4.28. The summed E-state index contributed by atoms with van der Waals surface area (Å²) in [5, 5.41) is 1.65. The maximum atomic E-state index is 5.70. The van der Waals surface area contributed by atoms with Gasteiger partial charge in [-0.05, 0) is 19.1 Å². The van der Waals surface area contributed by atoms with Gasteiger partial charge in [0, 0.05) is 11.1 Å². The third kappa shape index (κ3) is 2.22. The molecular formula is C10H13ClN2. The molecule has 13 heavy (non-hydrogen) atoms. The molecule has 1 N–H and O–H groups in total. The molecule has 2 rings (SSSR count). The Labute approximate surface area is 82.9 Å². The molecule has 0 saturated carbocycles. The van der Waals surface area contributed by atoms with E-state index in [1.807, 2.05) is 32.9 Å². The zero-order valence-electron chi connectivity index (χ0n) is 8.06. The fraction of sp³-hybridized carbons (Fsp3) is 0.300. The topological polar surface area (TPSA) is 28.7 Å². The van der Waals surface area contributed by atoms with Gasteiger partial charge in [0.1, 0.15) is 5.15 Å². The highest BCUT2D eigenvalue weighted by Gasteiger charge is 1.97. The molecule has 0 aliphatic carbocycles. The fourth-order valence-electron chi connectivity index (χ4n) is 1.15. The first kappa shape index (κ1) is 10.1. The third-order valence-corrected chi connectivity index (χ3v) is 1.81. The second-order valence-corrected chi connectivity index (χ2v) is 2.93. The average molecular weight is 197 g/mol. The summed E-state index contributed by atoms with van der Waals surface area (Å²) in [6, 6.07) is 3.89. The highest BCUT2D eigenvalue weighted by molar-refractivity contribution is 6.30. The number of rotatable bonds is 0. The number of aromatic nitrogens is 2. The Bertz CT molecular complexity index is 393. The highest BCUT2D eigenvalue weighted by Crippen LogP contribution is 2.16. The summed E-state index contributed by atoms with van der Waals surface area (Å²) < 4.78 is 0. The summed E-state index contributed by atoms with van der Waals surface area (Å²) in [5.74, 6) is 0. The van der Waals surface area contributed by atoms with Crippen molar-refractivity contribution >= 4 is 22.5 Å². The molecule has 2 heterocycles. The van der Waals surface area contributed by atoms with Gasteiger partial charge >= 0.3 is 0 Å². The van der Waals surface area contributed by atoms with E-state index in [1.54, 1.807) is 6.20 Å². The zero-order valence-corrected chi connectivity index (χ0v) is 8.81. The number of nitrogens with zero attached hydrogens (tertiary/aromatic N) is 1. The molecular weight excluding hydrogens is 184 g/mol. The Hall–Kier alpha value is -1.02. The standard InChI is InChI=1S/C8H7ClN2.C2H6/c1-5-2-6-3-8(9)10-4-7(6)11-5;1-2/h2-4,11H,1H3;1-2H3. The molecule has 0 amide bonds. The highest BCUT2D eigenvalue weighted by atomic mass is 35.5.